The van der Waals surface area contributed by atoms with Crippen molar-refractivity contribution in [3.05, 3.63) is 0 Å². The van der Waals surface area contributed by atoms with Gasteiger partial charge in [-0.25, -0.2) is 4.79 Å². The summed E-state index contributed by atoms with van der Waals surface area (Å²) < 4.78 is 10.5. The molecule has 0 aliphatic carbocycles. The number of carbonyl (C=O) groups excluding carboxylic acids is 1. The Morgan fingerprint density at radius 1 is 1.17 bits per heavy atom. The van der Waals surface area contributed by atoms with E-state index in [2.05, 4.69) is 4.99 Å². The maximum absolute atomic E-state index is 12.0. The average Bonchev–Trinajstić information content (AvgIpc) is 2.49. The van der Waals surface area contributed by atoms with Crippen LogP contribution in [-0.2, 0) is 9.47 Å². The predicted octanol–water partition coefficient (Wildman–Crippen LogP) is 0.253. The quantitative estimate of drug-likeness (QED) is 0.411. The molecular weight excluding hydrogens is 300 g/mol. The Morgan fingerprint density at radius 3 is 2.35 bits per heavy atom. The molecular formula is C15H30N4O4. The summed E-state index contributed by atoms with van der Waals surface area (Å²) in [6.45, 7) is 9.55. The van der Waals surface area contributed by atoms with Crippen molar-refractivity contribution in [3.63, 3.8) is 0 Å². The number of ether oxygens (including phenoxy) is 2. The number of aliphatic hydroxyl groups is 1. The van der Waals surface area contributed by atoms with Gasteiger partial charge < -0.3 is 30.1 Å². The van der Waals surface area contributed by atoms with E-state index in [9.17, 15) is 4.79 Å². The normalized spacial score (nSPS) is 16.6. The zero-order chi connectivity index (χ0) is 17.3. The molecule has 0 radical (unpaired) electrons. The topological polar surface area (TPSA) is 101 Å². The molecule has 0 spiro atoms. The van der Waals surface area contributed by atoms with Gasteiger partial charge in [-0.2, -0.15) is 0 Å². The molecule has 1 aliphatic heterocycles. The molecule has 1 saturated heterocycles. The third-order valence-electron chi connectivity index (χ3n) is 3.21. The van der Waals surface area contributed by atoms with Crippen LogP contribution in [0.15, 0.2) is 4.99 Å². The van der Waals surface area contributed by atoms with E-state index in [4.69, 9.17) is 20.3 Å². The summed E-state index contributed by atoms with van der Waals surface area (Å²) in [6.07, 6.45) is 0.479. The van der Waals surface area contributed by atoms with Gasteiger partial charge in [-0.3, -0.25) is 4.99 Å². The number of aliphatic hydroxyl groups excluding tert-OH is 1. The zero-order valence-corrected chi connectivity index (χ0v) is 14.5. The first-order chi connectivity index (χ1) is 10.8. The molecule has 3 N–H and O–H groups in total. The van der Waals surface area contributed by atoms with Gasteiger partial charge in [-0.15, -0.1) is 0 Å². The minimum Gasteiger partial charge on any atom is -0.444 e. The van der Waals surface area contributed by atoms with E-state index in [0.29, 0.717) is 51.9 Å². The SMILES string of the molecule is CC(C)(C)OC(=O)N1CCN(C(N)=NCCCOCCO)CC1. The largest absolute Gasteiger partial charge is 0.444 e. The lowest BCUT2D eigenvalue weighted by Gasteiger charge is -2.36. The standard InChI is InChI=1S/C15H30N4O4/c1-15(2,3)23-14(21)19-8-6-18(7-9-19)13(16)17-5-4-11-22-12-10-20/h20H,4-12H2,1-3H3,(H2,16,17). The number of rotatable bonds is 6. The zero-order valence-electron chi connectivity index (χ0n) is 14.5. The smallest absolute Gasteiger partial charge is 0.410 e. The maximum atomic E-state index is 12.0. The van der Waals surface area contributed by atoms with E-state index >= 15 is 0 Å². The predicted molar refractivity (Wildman–Crippen MR) is 88.4 cm³/mol. The van der Waals surface area contributed by atoms with Gasteiger partial charge in [0.05, 0.1) is 13.2 Å². The molecule has 0 aromatic heterocycles. The second-order valence-corrected chi connectivity index (χ2v) is 6.38. The van der Waals surface area contributed by atoms with Crippen molar-refractivity contribution in [1.82, 2.24) is 9.80 Å². The molecule has 0 aromatic carbocycles. The highest BCUT2D eigenvalue weighted by Crippen LogP contribution is 2.11. The molecule has 1 rings (SSSR count). The minimum absolute atomic E-state index is 0.0351. The summed E-state index contributed by atoms with van der Waals surface area (Å²) >= 11 is 0. The molecule has 0 unspecified atom stereocenters. The Bertz CT molecular complexity index is 387. The van der Waals surface area contributed by atoms with Crippen molar-refractivity contribution in [1.29, 1.82) is 0 Å². The van der Waals surface area contributed by atoms with Gasteiger partial charge in [0.2, 0.25) is 0 Å². The fourth-order valence-corrected chi connectivity index (χ4v) is 2.07. The lowest BCUT2D eigenvalue weighted by atomic mass is 10.2. The second kappa shape index (κ2) is 9.57. The molecule has 0 saturated carbocycles. The lowest BCUT2D eigenvalue weighted by molar-refractivity contribution is 0.0186. The number of hydrogen-bond acceptors (Lipinski definition) is 5. The van der Waals surface area contributed by atoms with Gasteiger partial charge in [0, 0.05) is 39.3 Å². The van der Waals surface area contributed by atoms with E-state index in [-0.39, 0.29) is 12.7 Å². The summed E-state index contributed by atoms with van der Waals surface area (Å²) in [5, 5.41) is 8.59. The van der Waals surface area contributed by atoms with Crippen LogP contribution in [0, 0.1) is 0 Å². The highest BCUT2D eigenvalue weighted by atomic mass is 16.6. The van der Waals surface area contributed by atoms with Gasteiger partial charge >= 0.3 is 6.09 Å². The van der Waals surface area contributed by atoms with Crippen LogP contribution in [0.5, 0.6) is 0 Å². The summed E-state index contributed by atoms with van der Waals surface area (Å²) in [5.41, 5.74) is 5.49. The van der Waals surface area contributed by atoms with Crippen LogP contribution in [0.25, 0.3) is 0 Å². The van der Waals surface area contributed by atoms with Gasteiger partial charge in [0.25, 0.3) is 0 Å². The third-order valence-corrected chi connectivity index (χ3v) is 3.21. The molecule has 0 aromatic rings. The van der Waals surface area contributed by atoms with Crippen molar-refractivity contribution >= 4 is 12.1 Å². The van der Waals surface area contributed by atoms with Crippen molar-refractivity contribution in [2.75, 3.05) is 52.5 Å². The summed E-state index contributed by atoms with van der Waals surface area (Å²) in [5.74, 6) is 0.496. The number of guanidine groups is 1. The highest BCUT2D eigenvalue weighted by Gasteiger charge is 2.26. The first kappa shape index (κ1) is 19.5. The van der Waals surface area contributed by atoms with E-state index in [1.807, 2.05) is 25.7 Å². The van der Waals surface area contributed by atoms with E-state index < -0.39 is 5.60 Å². The Labute approximate surface area is 138 Å². The van der Waals surface area contributed by atoms with Crippen LogP contribution in [-0.4, -0.2) is 85.1 Å². The minimum atomic E-state index is -0.479. The van der Waals surface area contributed by atoms with Gasteiger partial charge in [-0.1, -0.05) is 0 Å². The Hall–Kier alpha value is -1.54. The van der Waals surface area contributed by atoms with Gasteiger partial charge in [-0.05, 0) is 27.2 Å². The average molecular weight is 330 g/mol. The Morgan fingerprint density at radius 2 is 1.78 bits per heavy atom. The number of piperazine rings is 1. The monoisotopic (exact) mass is 330 g/mol. The molecule has 0 bridgehead atoms. The third kappa shape index (κ3) is 8.03. The van der Waals surface area contributed by atoms with Gasteiger partial charge in [0.1, 0.15) is 5.60 Å². The number of aliphatic imine (C=N–C) groups is 1. The number of carbonyl (C=O) groups is 1. The lowest BCUT2D eigenvalue weighted by Crippen LogP contribution is -2.53. The van der Waals surface area contributed by atoms with Gasteiger partial charge in [0.15, 0.2) is 5.96 Å². The number of amides is 1. The Kier molecular flexibility index (Phi) is 8.11. The van der Waals surface area contributed by atoms with Crippen LogP contribution < -0.4 is 5.73 Å². The van der Waals surface area contributed by atoms with Crippen LogP contribution in [0.4, 0.5) is 4.79 Å². The first-order valence-corrected chi connectivity index (χ1v) is 8.05. The summed E-state index contributed by atoms with van der Waals surface area (Å²) in [7, 11) is 0. The molecule has 8 nitrogen and oxygen atoms in total. The van der Waals surface area contributed by atoms with E-state index in [0.717, 1.165) is 6.42 Å². The van der Waals surface area contributed by atoms with E-state index in [1.54, 1.807) is 4.90 Å². The van der Waals surface area contributed by atoms with Crippen LogP contribution in [0.1, 0.15) is 27.2 Å². The van der Waals surface area contributed by atoms with Crippen LogP contribution in [0.3, 0.4) is 0 Å². The van der Waals surface area contributed by atoms with E-state index in [1.165, 1.54) is 0 Å². The molecule has 1 aliphatic rings. The number of nitrogens with two attached hydrogens (primary N) is 1. The summed E-state index contributed by atoms with van der Waals surface area (Å²) in [4.78, 5) is 20.0. The van der Waals surface area contributed by atoms with Crippen molar-refractivity contribution in [2.45, 2.75) is 32.8 Å². The molecule has 8 heteroatoms. The molecule has 1 fully saturated rings. The summed E-state index contributed by atoms with van der Waals surface area (Å²) in [6, 6.07) is 0. The maximum Gasteiger partial charge on any atom is 0.410 e. The molecule has 1 amide bonds. The molecule has 134 valence electrons. The first-order valence-electron chi connectivity index (χ1n) is 8.05. The van der Waals surface area contributed by atoms with Crippen molar-refractivity contribution in [2.24, 2.45) is 10.7 Å². The van der Waals surface area contributed by atoms with Crippen LogP contribution in [0.2, 0.25) is 0 Å². The molecule has 0 atom stereocenters. The highest BCUT2D eigenvalue weighted by molar-refractivity contribution is 5.78. The molecule has 23 heavy (non-hydrogen) atoms. The Balaban J connectivity index is 2.28. The van der Waals surface area contributed by atoms with Crippen molar-refractivity contribution in [3.8, 4) is 0 Å². The molecule has 1 heterocycles. The number of nitrogens with zero attached hydrogens (tertiary/aromatic N) is 3. The fraction of sp³-hybridized carbons (Fsp3) is 0.867. The van der Waals surface area contributed by atoms with Crippen molar-refractivity contribution < 1.29 is 19.4 Å². The number of hydrogen-bond donors (Lipinski definition) is 2. The fourth-order valence-electron chi connectivity index (χ4n) is 2.07. The second-order valence-electron chi connectivity index (χ2n) is 6.38. The van der Waals surface area contributed by atoms with Crippen LogP contribution >= 0.6 is 0 Å².